The summed E-state index contributed by atoms with van der Waals surface area (Å²) in [6, 6.07) is 6.74. The van der Waals surface area contributed by atoms with Crippen LogP contribution in [-0.2, 0) is 4.79 Å². The fraction of sp³-hybridized carbons (Fsp3) is 0.500. The van der Waals surface area contributed by atoms with Gasteiger partial charge in [-0.1, -0.05) is 26.0 Å². The molecule has 0 unspecified atom stereocenters. The van der Waals surface area contributed by atoms with Crippen molar-refractivity contribution in [3.05, 3.63) is 34.4 Å². The van der Waals surface area contributed by atoms with E-state index < -0.39 is 0 Å². The van der Waals surface area contributed by atoms with Crippen molar-refractivity contribution in [1.29, 1.82) is 0 Å². The average molecular weight is 277 g/mol. The van der Waals surface area contributed by atoms with Crippen LogP contribution in [0.3, 0.4) is 0 Å². The third kappa shape index (κ3) is 2.89. The van der Waals surface area contributed by atoms with Gasteiger partial charge in [0.2, 0.25) is 5.91 Å². The van der Waals surface area contributed by atoms with Crippen molar-refractivity contribution >= 4 is 17.3 Å². The molecule has 1 aromatic carbocycles. The van der Waals surface area contributed by atoms with Crippen molar-refractivity contribution in [1.82, 2.24) is 4.90 Å². The third-order valence-electron chi connectivity index (χ3n) is 3.50. The van der Waals surface area contributed by atoms with Gasteiger partial charge in [0.25, 0.3) is 5.69 Å². The zero-order valence-corrected chi connectivity index (χ0v) is 11.8. The minimum atomic E-state index is -0.360. The molecular weight excluding hydrogens is 258 g/mol. The molecule has 6 nitrogen and oxygen atoms in total. The summed E-state index contributed by atoms with van der Waals surface area (Å²) in [6.07, 6.45) is 0. The SMILES string of the molecule is CC(C)C(=O)N1CCN(c2ccccc2[N+](=O)[O-])CC1. The minimum absolute atomic E-state index is 0.00684. The highest BCUT2D eigenvalue weighted by molar-refractivity contribution is 5.78. The van der Waals surface area contributed by atoms with Crippen LogP contribution < -0.4 is 4.90 Å². The van der Waals surface area contributed by atoms with E-state index in [1.165, 1.54) is 6.07 Å². The van der Waals surface area contributed by atoms with Crippen LogP contribution in [0, 0.1) is 16.0 Å². The first-order chi connectivity index (χ1) is 9.50. The van der Waals surface area contributed by atoms with E-state index in [4.69, 9.17) is 0 Å². The molecule has 1 amide bonds. The Labute approximate surface area is 118 Å². The first-order valence-electron chi connectivity index (χ1n) is 6.78. The fourth-order valence-corrected chi connectivity index (χ4v) is 2.42. The van der Waals surface area contributed by atoms with E-state index >= 15 is 0 Å². The lowest BCUT2D eigenvalue weighted by Gasteiger charge is -2.36. The van der Waals surface area contributed by atoms with Crippen LogP contribution in [0.4, 0.5) is 11.4 Å². The Morgan fingerprint density at radius 1 is 1.20 bits per heavy atom. The third-order valence-corrected chi connectivity index (χ3v) is 3.50. The first kappa shape index (κ1) is 14.3. The van der Waals surface area contributed by atoms with Crippen LogP contribution in [0.25, 0.3) is 0 Å². The van der Waals surface area contributed by atoms with Gasteiger partial charge in [0, 0.05) is 38.2 Å². The van der Waals surface area contributed by atoms with E-state index in [1.54, 1.807) is 18.2 Å². The summed E-state index contributed by atoms with van der Waals surface area (Å²) in [7, 11) is 0. The molecule has 0 N–H and O–H groups in total. The van der Waals surface area contributed by atoms with Crippen molar-refractivity contribution in [2.75, 3.05) is 31.1 Å². The Morgan fingerprint density at radius 3 is 2.35 bits per heavy atom. The topological polar surface area (TPSA) is 66.7 Å². The minimum Gasteiger partial charge on any atom is -0.362 e. The van der Waals surface area contributed by atoms with Gasteiger partial charge in [-0.25, -0.2) is 0 Å². The number of hydrogen-bond acceptors (Lipinski definition) is 4. The summed E-state index contributed by atoms with van der Waals surface area (Å²) in [5.74, 6) is 0.139. The number of anilines is 1. The molecule has 0 bridgehead atoms. The summed E-state index contributed by atoms with van der Waals surface area (Å²) in [5.41, 5.74) is 0.755. The molecule has 1 aliphatic rings. The number of para-hydroxylation sites is 2. The number of rotatable bonds is 3. The van der Waals surface area contributed by atoms with E-state index in [1.807, 2.05) is 23.6 Å². The molecule has 1 heterocycles. The number of benzene rings is 1. The molecule has 108 valence electrons. The van der Waals surface area contributed by atoms with Gasteiger partial charge in [-0.2, -0.15) is 0 Å². The van der Waals surface area contributed by atoms with Gasteiger partial charge in [0.15, 0.2) is 0 Å². The van der Waals surface area contributed by atoms with Gasteiger partial charge in [-0.15, -0.1) is 0 Å². The van der Waals surface area contributed by atoms with Crippen LogP contribution in [-0.4, -0.2) is 41.9 Å². The predicted octanol–water partition coefficient (Wildman–Crippen LogP) is 1.90. The average Bonchev–Trinajstić information content (AvgIpc) is 2.46. The predicted molar refractivity (Wildman–Crippen MR) is 76.7 cm³/mol. The lowest BCUT2D eigenvalue weighted by Crippen LogP contribution is -2.50. The second-order valence-electron chi connectivity index (χ2n) is 5.21. The van der Waals surface area contributed by atoms with Gasteiger partial charge < -0.3 is 9.80 Å². The van der Waals surface area contributed by atoms with Crippen LogP contribution in [0.1, 0.15) is 13.8 Å². The van der Waals surface area contributed by atoms with Gasteiger partial charge >= 0.3 is 0 Å². The molecule has 0 aliphatic carbocycles. The van der Waals surface area contributed by atoms with E-state index in [0.29, 0.717) is 31.9 Å². The maximum absolute atomic E-state index is 11.9. The summed E-state index contributed by atoms with van der Waals surface area (Å²) < 4.78 is 0. The lowest BCUT2D eigenvalue weighted by molar-refractivity contribution is -0.384. The maximum Gasteiger partial charge on any atom is 0.292 e. The summed E-state index contributed by atoms with van der Waals surface area (Å²) >= 11 is 0. The van der Waals surface area contributed by atoms with E-state index in [9.17, 15) is 14.9 Å². The number of carbonyl (C=O) groups is 1. The molecule has 0 aromatic heterocycles. The Kier molecular flexibility index (Phi) is 4.22. The maximum atomic E-state index is 11.9. The van der Waals surface area contributed by atoms with Gasteiger partial charge in [0.05, 0.1) is 4.92 Å². The standard InChI is InChI=1S/C14H19N3O3/c1-11(2)14(18)16-9-7-15(8-10-16)12-5-3-4-6-13(12)17(19)20/h3-6,11H,7-10H2,1-2H3. The van der Waals surface area contributed by atoms with Crippen molar-refractivity contribution in [3.63, 3.8) is 0 Å². The smallest absolute Gasteiger partial charge is 0.292 e. The summed E-state index contributed by atoms with van der Waals surface area (Å²) in [5, 5.41) is 11.0. The molecule has 6 heteroatoms. The van der Waals surface area contributed by atoms with Crippen molar-refractivity contribution in [2.24, 2.45) is 5.92 Å². The van der Waals surface area contributed by atoms with E-state index in [0.717, 1.165) is 0 Å². The first-order valence-corrected chi connectivity index (χ1v) is 6.78. The number of carbonyl (C=O) groups excluding carboxylic acids is 1. The molecule has 1 fully saturated rings. The Hall–Kier alpha value is -2.11. The fourth-order valence-electron chi connectivity index (χ4n) is 2.42. The zero-order chi connectivity index (χ0) is 14.7. The Bertz CT molecular complexity index is 508. The van der Waals surface area contributed by atoms with Gasteiger partial charge in [-0.05, 0) is 6.07 Å². The van der Waals surface area contributed by atoms with E-state index in [-0.39, 0.29) is 22.4 Å². The van der Waals surface area contributed by atoms with Crippen LogP contribution >= 0.6 is 0 Å². The summed E-state index contributed by atoms with van der Waals surface area (Å²) in [6.45, 7) is 6.26. The Morgan fingerprint density at radius 2 is 1.80 bits per heavy atom. The molecule has 0 spiro atoms. The highest BCUT2D eigenvalue weighted by Gasteiger charge is 2.26. The Balaban J connectivity index is 2.08. The molecule has 0 radical (unpaired) electrons. The van der Waals surface area contributed by atoms with Crippen LogP contribution in [0.2, 0.25) is 0 Å². The molecule has 0 saturated carbocycles. The number of nitro benzene ring substituents is 1. The van der Waals surface area contributed by atoms with Crippen molar-refractivity contribution < 1.29 is 9.72 Å². The molecule has 2 rings (SSSR count). The van der Waals surface area contributed by atoms with Crippen LogP contribution in [0.5, 0.6) is 0 Å². The van der Waals surface area contributed by atoms with E-state index in [2.05, 4.69) is 0 Å². The number of piperazine rings is 1. The molecule has 1 aromatic rings. The highest BCUT2D eigenvalue weighted by atomic mass is 16.6. The molecular formula is C14H19N3O3. The largest absolute Gasteiger partial charge is 0.362 e. The lowest BCUT2D eigenvalue weighted by atomic mass is 10.1. The number of hydrogen-bond donors (Lipinski definition) is 0. The molecule has 0 atom stereocenters. The van der Waals surface area contributed by atoms with Crippen molar-refractivity contribution in [2.45, 2.75) is 13.8 Å². The zero-order valence-electron chi connectivity index (χ0n) is 11.8. The van der Waals surface area contributed by atoms with Gasteiger partial charge in [0.1, 0.15) is 5.69 Å². The summed E-state index contributed by atoms with van der Waals surface area (Å²) in [4.78, 5) is 26.4. The highest BCUT2D eigenvalue weighted by Crippen LogP contribution is 2.28. The number of nitro groups is 1. The monoisotopic (exact) mass is 277 g/mol. The number of amides is 1. The van der Waals surface area contributed by atoms with Crippen molar-refractivity contribution in [3.8, 4) is 0 Å². The van der Waals surface area contributed by atoms with Gasteiger partial charge in [-0.3, -0.25) is 14.9 Å². The van der Waals surface area contributed by atoms with Crippen LogP contribution in [0.15, 0.2) is 24.3 Å². The molecule has 1 saturated heterocycles. The second-order valence-corrected chi connectivity index (χ2v) is 5.21. The molecule has 1 aliphatic heterocycles. The number of nitrogens with zero attached hydrogens (tertiary/aromatic N) is 3. The second kappa shape index (κ2) is 5.90. The quantitative estimate of drug-likeness (QED) is 0.625. The normalized spacial score (nSPS) is 15.6. The molecule has 20 heavy (non-hydrogen) atoms.